The van der Waals surface area contributed by atoms with Gasteiger partial charge in [-0.2, -0.15) is 0 Å². The van der Waals surface area contributed by atoms with E-state index in [1.54, 1.807) is 6.08 Å². The summed E-state index contributed by atoms with van der Waals surface area (Å²) in [6.45, 7) is 4.92. The monoisotopic (exact) mass is 212 g/mol. The molecule has 1 rings (SSSR count). The van der Waals surface area contributed by atoms with E-state index in [0.29, 0.717) is 6.61 Å². The molecule has 0 aromatic rings. The zero-order valence-electron chi connectivity index (χ0n) is 9.10. The van der Waals surface area contributed by atoms with Gasteiger partial charge in [0.1, 0.15) is 0 Å². The second-order valence-corrected chi connectivity index (χ2v) is 3.65. The maximum absolute atomic E-state index is 9.42. The number of hydrogen-bond donors (Lipinski definition) is 1. The van der Waals surface area contributed by atoms with Crippen molar-refractivity contribution in [3.8, 4) is 0 Å². The van der Waals surface area contributed by atoms with Gasteiger partial charge in [0, 0.05) is 6.61 Å². The van der Waals surface area contributed by atoms with E-state index in [4.69, 9.17) is 9.47 Å². The molecule has 1 aliphatic rings. The van der Waals surface area contributed by atoms with Crippen molar-refractivity contribution in [2.75, 3.05) is 13.2 Å². The van der Waals surface area contributed by atoms with Gasteiger partial charge in [-0.1, -0.05) is 12.2 Å². The molecule has 0 saturated carbocycles. The maximum Gasteiger partial charge on any atom is 0.174 e. The summed E-state index contributed by atoms with van der Waals surface area (Å²) in [5, 5.41) is 9.42. The summed E-state index contributed by atoms with van der Waals surface area (Å²) in [5.41, 5.74) is 0. The van der Waals surface area contributed by atoms with E-state index in [1.165, 1.54) is 0 Å². The Morgan fingerprint density at radius 1 is 1.53 bits per heavy atom. The number of rotatable bonds is 7. The summed E-state index contributed by atoms with van der Waals surface area (Å²) in [7, 11) is 0. The first-order valence-corrected chi connectivity index (χ1v) is 5.51. The zero-order valence-corrected chi connectivity index (χ0v) is 9.10. The van der Waals surface area contributed by atoms with E-state index in [1.807, 2.05) is 12.2 Å². The highest BCUT2D eigenvalue weighted by molar-refractivity contribution is 4.86. The molecule has 0 amide bonds. The number of ether oxygens (including phenoxy) is 2. The molecule has 1 saturated heterocycles. The van der Waals surface area contributed by atoms with Crippen molar-refractivity contribution in [1.29, 1.82) is 0 Å². The van der Waals surface area contributed by atoms with E-state index in [2.05, 4.69) is 6.58 Å². The molecule has 1 fully saturated rings. The van der Waals surface area contributed by atoms with Crippen LogP contribution in [-0.2, 0) is 9.47 Å². The molecule has 86 valence electrons. The minimum Gasteiger partial charge on any atom is -0.376 e. The molecule has 3 nitrogen and oxygen atoms in total. The van der Waals surface area contributed by atoms with E-state index < -0.39 is 6.29 Å². The number of aliphatic hydroxyl groups is 1. The van der Waals surface area contributed by atoms with Crippen molar-refractivity contribution in [2.45, 2.75) is 38.1 Å². The molecule has 0 bridgehead atoms. The smallest absolute Gasteiger partial charge is 0.174 e. The summed E-state index contributed by atoms with van der Waals surface area (Å²) in [5.74, 6) is 0. The lowest BCUT2D eigenvalue weighted by molar-refractivity contribution is -0.0947. The largest absolute Gasteiger partial charge is 0.376 e. The minimum absolute atomic E-state index is 0.168. The highest BCUT2D eigenvalue weighted by Crippen LogP contribution is 2.12. The minimum atomic E-state index is -0.806. The molecule has 0 radical (unpaired) electrons. The quantitative estimate of drug-likeness (QED) is 0.398. The summed E-state index contributed by atoms with van der Waals surface area (Å²) < 4.78 is 10.6. The zero-order chi connectivity index (χ0) is 10.9. The Hall–Kier alpha value is -0.640. The Kier molecular flexibility index (Phi) is 6.32. The number of aliphatic hydroxyl groups excluding tert-OH is 1. The van der Waals surface area contributed by atoms with Gasteiger partial charge in [-0.25, -0.2) is 0 Å². The lowest BCUT2D eigenvalue weighted by Gasteiger charge is -2.12. The Balaban J connectivity index is 2.03. The fraction of sp³-hybridized carbons (Fsp3) is 0.667. The van der Waals surface area contributed by atoms with E-state index in [9.17, 15) is 5.11 Å². The van der Waals surface area contributed by atoms with E-state index >= 15 is 0 Å². The third kappa shape index (κ3) is 5.72. The Morgan fingerprint density at radius 3 is 3.07 bits per heavy atom. The first kappa shape index (κ1) is 12.4. The van der Waals surface area contributed by atoms with Crippen molar-refractivity contribution >= 4 is 0 Å². The first-order valence-electron chi connectivity index (χ1n) is 5.51. The van der Waals surface area contributed by atoms with E-state index in [0.717, 1.165) is 32.3 Å². The normalized spacial score (nSPS) is 23.4. The van der Waals surface area contributed by atoms with Gasteiger partial charge < -0.3 is 14.6 Å². The predicted octanol–water partition coefficient (Wildman–Crippen LogP) is 2.02. The predicted molar refractivity (Wildman–Crippen MR) is 59.5 cm³/mol. The van der Waals surface area contributed by atoms with Crippen molar-refractivity contribution < 1.29 is 14.6 Å². The highest BCUT2D eigenvalue weighted by Gasteiger charge is 2.16. The van der Waals surface area contributed by atoms with Crippen LogP contribution in [0.25, 0.3) is 0 Å². The second kappa shape index (κ2) is 7.63. The molecule has 0 aliphatic carbocycles. The third-order valence-corrected chi connectivity index (χ3v) is 2.32. The summed E-state index contributed by atoms with van der Waals surface area (Å²) in [6.07, 6.45) is 8.73. The lowest BCUT2D eigenvalue weighted by Crippen LogP contribution is -2.19. The number of allylic oxidation sites excluding steroid dienone is 2. The Labute approximate surface area is 91.4 Å². The number of hydrogen-bond acceptors (Lipinski definition) is 3. The van der Waals surface area contributed by atoms with Crippen molar-refractivity contribution in [3.05, 3.63) is 24.8 Å². The molecule has 0 aromatic heterocycles. The van der Waals surface area contributed by atoms with Crippen LogP contribution in [-0.4, -0.2) is 30.7 Å². The Bertz CT molecular complexity index is 195. The van der Waals surface area contributed by atoms with Gasteiger partial charge in [0.25, 0.3) is 0 Å². The van der Waals surface area contributed by atoms with Crippen molar-refractivity contribution in [3.63, 3.8) is 0 Å². The summed E-state index contributed by atoms with van der Waals surface area (Å²) >= 11 is 0. The highest BCUT2D eigenvalue weighted by atomic mass is 16.6. The molecule has 0 aromatic carbocycles. The molecular weight excluding hydrogens is 192 g/mol. The molecule has 3 heteroatoms. The average molecular weight is 212 g/mol. The van der Waals surface area contributed by atoms with Crippen LogP contribution in [0.15, 0.2) is 24.8 Å². The van der Waals surface area contributed by atoms with Crippen LogP contribution in [0.1, 0.15) is 25.7 Å². The van der Waals surface area contributed by atoms with Gasteiger partial charge >= 0.3 is 0 Å². The topological polar surface area (TPSA) is 38.7 Å². The standard InChI is InChI=1S/C12H20O3/c1-2-3-4-5-8-12(13)15-10-11-7-6-9-14-11/h2,5,8,11-13H,1,3-4,6-7,9-10H2. The van der Waals surface area contributed by atoms with E-state index in [-0.39, 0.29) is 6.10 Å². The first-order chi connectivity index (χ1) is 7.33. The molecule has 0 spiro atoms. The maximum atomic E-state index is 9.42. The molecule has 1 heterocycles. The second-order valence-electron chi connectivity index (χ2n) is 3.65. The Morgan fingerprint density at radius 2 is 2.40 bits per heavy atom. The molecule has 1 N–H and O–H groups in total. The van der Waals surface area contributed by atoms with Crippen molar-refractivity contribution in [1.82, 2.24) is 0 Å². The fourth-order valence-corrected chi connectivity index (χ4v) is 1.46. The number of unbranched alkanes of at least 4 members (excludes halogenated alkanes) is 1. The van der Waals surface area contributed by atoms with Crippen LogP contribution in [0.3, 0.4) is 0 Å². The van der Waals surface area contributed by atoms with Crippen LogP contribution < -0.4 is 0 Å². The molecule has 15 heavy (non-hydrogen) atoms. The lowest BCUT2D eigenvalue weighted by atomic mass is 10.2. The van der Waals surface area contributed by atoms with Gasteiger partial charge in [0.15, 0.2) is 6.29 Å². The summed E-state index contributed by atoms with van der Waals surface area (Å²) in [6, 6.07) is 0. The summed E-state index contributed by atoms with van der Waals surface area (Å²) in [4.78, 5) is 0. The van der Waals surface area contributed by atoms with Gasteiger partial charge in [0.05, 0.1) is 12.7 Å². The van der Waals surface area contributed by atoms with Gasteiger partial charge in [-0.3, -0.25) is 0 Å². The fourth-order valence-electron chi connectivity index (χ4n) is 1.46. The average Bonchev–Trinajstić information content (AvgIpc) is 2.74. The molecule has 1 aliphatic heterocycles. The SMILES string of the molecule is C=CCCC=CC(O)OCC1CCCO1. The molecular formula is C12H20O3. The third-order valence-electron chi connectivity index (χ3n) is 2.32. The van der Waals surface area contributed by atoms with Crippen molar-refractivity contribution in [2.24, 2.45) is 0 Å². The van der Waals surface area contributed by atoms with Gasteiger partial charge in [0.2, 0.25) is 0 Å². The van der Waals surface area contributed by atoms with Gasteiger partial charge in [-0.15, -0.1) is 6.58 Å². The van der Waals surface area contributed by atoms with Crippen LogP contribution in [0, 0.1) is 0 Å². The molecule has 2 atom stereocenters. The van der Waals surface area contributed by atoms with Crippen LogP contribution in [0.2, 0.25) is 0 Å². The molecule has 2 unspecified atom stereocenters. The van der Waals surface area contributed by atoms with Crippen LogP contribution >= 0.6 is 0 Å². The van der Waals surface area contributed by atoms with Gasteiger partial charge in [-0.05, 0) is 31.8 Å². The van der Waals surface area contributed by atoms with Crippen LogP contribution in [0.4, 0.5) is 0 Å². The van der Waals surface area contributed by atoms with Crippen LogP contribution in [0.5, 0.6) is 0 Å².